The van der Waals surface area contributed by atoms with Crippen molar-refractivity contribution < 1.29 is 0 Å². The fourth-order valence-corrected chi connectivity index (χ4v) is 3.38. The van der Waals surface area contributed by atoms with Crippen LogP contribution in [-0.2, 0) is 0 Å². The van der Waals surface area contributed by atoms with E-state index in [9.17, 15) is 0 Å². The molecular weight excluding hydrogens is 210 g/mol. The van der Waals surface area contributed by atoms with Crippen LogP contribution in [0.2, 0.25) is 0 Å². The quantitative estimate of drug-likeness (QED) is 0.807. The minimum Gasteiger partial charge on any atom is -0.330 e. The van der Waals surface area contributed by atoms with Crippen molar-refractivity contribution in [3.63, 3.8) is 0 Å². The van der Waals surface area contributed by atoms with Crippen LogP contribution < -0.4 is 5.73 Å². The highest BCUT2D eigenvalue weighted by atomic mass is 15.2. The molecule has 17 heavy (non-hydrogen) atoms. The van der Waals surface area contributed by atoms with Gasteiger partial charge in [-0.05, 0) is 77.3 Å². The fraction of sp³-hybridized carbons (Fsp3) is 1.00. The van der Waals surface area contributed by atoms with Gasteiger partial charge in [-0.1, -0.05) is 6.92 Å². The van der Waals surface area contributed by atoms with Gasteiger partial charge in [0.2, 0.25) is 0 Å². The van der Waals surface area contributed by atoms with Gasteiger partial charge in [0.05, 0.1) is 0 Å². The van der Waals surface area contributed by atoms with Gasteiger partial charge in [-0.25, -0.2) is 0 Å². The van der Waals surface area contributed by atoms with Crippen molar-refractivity contribution in [2.24, 2.45) is 11.7 Å². The van der Waals surface area contributed by atoms with Crippen molar-refractivity contribution in [3.8, 4) is 0 Å². The molecular formula is C14H29N3. The van der Waals surface area contributed by atoms with Crippen molar-refractivity contribution >= 4 is 0 Å². The minimum absolute atomic E-state index is 0.798. The Balaban J connectivity index is 1.70. The molecule has 0 aromatic carbocycles. The summed E-state index contributed by atoms with van der Waals surface area (Å²) in [6.45, 7) is 9.68. The van der Waals surface area contributed by atoms with E-state index < -0.39 is 0 Å². The molecule has 0 atom stereocenters. The van der Waals surface area contributed by atoms with Gasteiger partial charge in [-0.15, -0.1) is 0 Å². The maximum absolute atomic E-state index is 5.75. The predicted molar refractivity (Wildman–Crippen MR) is 73.1 cm³/mol. The minimum atomic E-state index is 0.798. The summed E-state index contributed by atoms with van der Waals surface area (Å²) in [5.74, 6) is 0.798. The van der Waals surface area contributed by atoms with Gasteiger partial charge in [0.1, 0.15) is 0 Å². The molecule has 2 saturated heterocycles. The fourth-order valence-electron chi connectivity index (χ4n) is 3.38. The van der Waals surface area contributed by atoms with Gasteiger partial charge in [-0.3, -0.25) is 0 Å². The molecule has 3 nitrogen and oxygen atoms in total. The van der Waals surface area contributed by atoms with Crippen LogP contribution in [0.3, 0.4) is 0 Å². The van der Waals surface area contributed by atoms with Crippen LogP contribution in [0.5, 0.6) is 0 Å². The average molecular weight is 239 g/mol. The monoisotopic (exact) mass is 239 g/mol. The molecule has 0 saturated carbocycles. The maximum atomic E-state index is 5.75. The molecule has 100 valence electrons. The Kier molecular flexibility index (Phi) is 5.26. The lowest BCUT2D eigenvalue weighted by molar-refractivity contribution is 0.0790. The smallest absolute Gasteiger partial charge is 0.0120 e. The second-order valence-electron chi connectivity index (χ2n) is 5.79. The number of hydrogen-bond acceptors (Lipinski definition) is 3. The molecule has 2 aliphatic heterocycles. The lowest BCUT2D eigenvalue weighted by Gasteiger charge is -2.41. The van der Waals surface area contributed by atoms with Crippen LogP contribution in [0.1, 0.15) is 39.0 Å². The number of likely N-dealkylation sites (tertiary alicyclic amines) is 2. The zero-order valence-corrected chi connectivity index (χ0v) is 11.4. The Labute approximate surface area is 106 Å². The Hall–Kier alpha value is -0.120. The topological polar surface area (TPSA) is 32.5 Å². The van der Waals surface area contributed by atoms with E-state index in [1.807, 2.05) is 0 Å². The first kappa shape index (κ1) is 13.3. The summed E-state index contributed by atoms with van der Waals surface area (Å²) in [4.78, 5) is 5.36. The third-order valence-corrected chi connectivity index (χ3v) is 4.60. The normalized spacial score (nSPS) is 26.5. The van der Waals surface area contributed by atoms with E-state index in [4.69, 9.17) is 5.73 Å². The van der Waals surface area contributed by atoms with Crippen molar-refractivity contribution in [2.75, 3.05) is 39.3 Å². The maximum Gasteiger partial charge on any atom is 0.0120 e. The molecule has 0 amide bonds. The SMILES string of the molecule is CCCN1CCC(N2CCC(CN)CC2)CC1. The standard InChI is InChI=1S/C14H29N3/c1-2-7-16-8-5-14(6-9-16)17-10-3-13(12-15)4-11-17/h13-14H,2-12,15H2,1H3. The lowest BCUT2D eigenvalue weighted by Crippen LogP contribution is -2.48. The molecule has 2 fully saturated rings. The molecule has 0 radical (unpaired) electrons. The highest BCUT2D eigenvalue weighted by molar-refractivity contribution is 4.83. The van der Waals surface area contributed by atoms with Crippen molar-refractivity contribution in [1.29, 1.82) is 0 Å². The lowest BCUT2D eigenvalue weighted by atomic mass is 9.93. The second kappa shape index (κ2) is 6.72. The van der Waals surface area contributed by atoms with Gasteiger partial charge in [0.15, 0.2) is 0 Å². The van der Waals surface area contributed by atoms with Crippen LogP contribution in [0.4, 0.5) is 0 Å². The Morgan fingerprint density at radius 2 is 1.65 bits per heavy atom. The largest absolute Gasteiger partial charge is 0.330 e. The summed E-state index contributed by atoms with van der Waals surface area (Å²) in [5, 5.41) is 0. The summed E-state index contributed by atoms with van der Waals surface area (Å²) < 4.78 is 0. The van der Waals surface area contributed by atoms with Crippen molar-refractivity contribution in [1.82, 2.24) is 9.80 Å². The zero-order chi connectivity index (χ0) is 12.1. The number of nitrogens with zero attached hydrogens (tertiary/aromatic N) is 2. The zero-order valence-electron chi connectivity index (χ0n) is 11.4. The Morgan fingerprint density at radius 1 is 1.00 bits per heavy atom. The molecule has 2 N–H and O–H groups in total. The van der Waals surface area contributed by atoms with Crippen LogP contribution in [0, 0.1) is 5.92 Å². The first-order valence-corrected chi connectivity index (χ1v) is 7.50. The number of nitrogens with two attached hydrogens (primary N) is 1. The van der Waals surface area contributed by atoms with Crippen molar-refractivity contribution in [3.05, 3.63) is 0 Å². The average Bonchev–Trinajstić information content (AvgIpc) is 2.40. The van der Waals surface area contributed by atoms with E-state index >= 15 is 0 Å². The third kappa shape index (κ3) is 3.67. The van der Waals surface area contributed by atoms with Crippen LogP contribution in [0.25, 0.3) is 0 Å². The molecule has 0 bridgehead atoms. The van der Waals surface area contributed by atoms with Gasteiger partial charge < -0.3 is 15.5 Å². The number of rotatable bonds is 4. The molecule has 0 aliphatic carbocycles. The molecule has 3 heteroatoms. The number of hydrogen-bond donors (Lipinski definition) is 1. The van der Waals surface area contributed by atoms with E-state index in [1.54, 1.807) is 0 Å². The molecule has 0 aromatic rings. The summed E-state index contributed by atoms with van der Waals surface area (Å²) in [6.07, 6.45) is 6.71. The van der Waals surface area contributed by atoms with Gasteiger partial charge in [-0.2, -0.15) is 0 Å². The summed E-state index contributed by atoms with van der Waals surface area (Å²) >= 11 is 0. The Bertz CT molecular complexity index is 204. The van der Waals surface area contributed by atoms with Gasteiger partial charge in [0.25, 0.3) is 0 Å². The summed E-state index contributed by atoms with van der Waals surface area (Å²) in [7, 11) is 0. The molecule has 2 aliphatic rings. The molecule has 2 heterocycles. The van der Waals surface area contributed by atoms with Crippen LogP contribution in [0.15, 0.2) is 0 Å². The van der Waals surface area contributed by atoms with E-state index in [0.717, 1.165) is 18.5 Å². The first-order valence-electron chi connectivity index (χ1n) is 7.50. The number of piperidine rings is 2. The molecule has 2 rings (SSSR count). The highest BCUT2D eigenvalue weighted by Crippen LogP contribution is 2.23. The predicted octanol–water partition coefficient (Wildman–Crippen LogP) is 1.53. The molecule has 0 aromatic heterocycles. The van der Waals surface area contributed by atoms with E-state index in [0.29, 0.717) is 0 Å². The van der Waals surface area contributed by atoms with Crippen molar-refractivity contribution in [2.45, 2.75) is 45.1 Å². The second-order valence-corrected chi connectivity index (χ2v) is 5.79. The third-order valence-electron chi connectivity index (χ3n) is 4.60. The summed E-state index contributed by atoms with van der Waals surface area (Å²) in [5.41, 5.74) is 5.75. The van der Waals surface area contributed by atoms with E-state index in [2.05, 4.69) is 16.7 Å². The molecule has 0 spiro atoms. The highest BCUT2D eigenvalue weighted by Gasteiger charge is 2.27. The summed E-state index contributed by atoms with van der Waals surface area (Å²) in [6, 6.07) is 0.863. The van der Waals surface area contributed by atoms with E-state index in [1.165, 1.54) is 64.8 Å². The van der Waals surface area contributed by atoms with E-state index in [-0.39, 0.29) is 0 Å². The van der Waals surface area contributed by atoms with Crippen LogP contribution in [-0.4, -0.2) is 55.1 Å². The first-order chi connectivity index (χ1) is 8.33. The van der Waals surface area contributed by atoms with Gasteiger partial charge >= 0.3 is 0 Å². The molecule has 0 unspecified atom stereocenters. The Morgan fingerprint density at radius 3 is 2.18 bits per heavy atom. The van der Waals surface area contributed by atoms with Crippen LogP contribution >= 0.6 is 0 Å². The van der Waals surface area contributed by atoms with Gasteiger partial charge in [0, 0.05) is 6.04 Å².